The van der Waals surface area contributed by atoms with Gasteiger partial charge in [0.25, 0.3) is 0 Å². The predicted molar refractivity (Wildman–Crippen MR) is 160 cm³/mol. The Morgan fingerprint density at radius 1 is 0.762 bits per heavy atom. The van der Waals surface area contributed by atoms with E-state index in [4.69, 9.17) is 9.47 Å². The van der Waals surface area contributed by atoms with Crippen LogP contribution in [0.15, 0.2) is 103 Å². The zero-order valence-corrected chi connectivity index (χ0v) is 23.1. The van der Waals surface area contributed by atoms with Crippen molar-refractivity contribution in [3.8, 4) is 11.5 Å². The number of nitrogens with one attached hydrogen (secondary N) is 1. The van der Waals surface area contributed by atoms with Gasteiger partial charge in [-0.2, -0.15) is 0 Å². The van der Waals surface area contributed by atoms with Gasteiger partial charge in [-0.15, -0.1) is 0 Å². The van der Waals surface area contributed by atoms with E-state index in [-0.39, 0.29) is 17.5 Å². The molecule has 1 amide bonds. The number of amides is 1. The predicted octanol–water partition coefficient (Wildman–Crippen LogP) is 5.56. The number of benzene rings is 4. The summed E-state index contributed by atoms with van der Waals surface area (Å²) in [7, 11) is 3.13. The van der Waals surface area contributed by atoms with Gasteiger partial charge in [-0.1, -0.05) is 48.6 Å². The molecule has 1 spiro atoms. The maximum absolute atomic E-state index is 14.8. The molecule has 1 N–H and O–H groups in total. The first-order valence-electron chi connectivity index (χ1n) is 13.8. The molecule has 3 heterocycles. The molecule has 0 aromatic heterocycles. The molecule has 3 aliphatic rings. The minimum Gasteiger partial charge on any atom is -0.497 e. The third-order valence-electron chi connectivity index (χ3n) is 8.84. The number of hydrogen-bond acceptors (Lipinski definition) is 6. The van der Waals surface area contributed by atoms with Gasteiger partial charge in [0.05, 0.1) is 26.2 Å². The number of methoxy groups -OCH3 is 2. The van der Waals surface area contributed by atoms with Crippen LogP contribution in [0.2, 0.25) is 0 Å². The van der Waals surface area contributed by atoms with Gasteiger partial charge in [0.15, 0.2) is 11.6 Å². The largest absolute Gasteiger partial charge is 0.497 e. The first-order valence-corrected chi connectivity index (χ1v) is 13.8. The normalized spacial score (nSPS) is 23.1. The Labute approximate surface area is 243 Å². The molecule has 1 fully saturated rings. The quantitative estimate of drug-likeness (QED) is 0.313. The van der Waals surface area contributed by atoms with Gasteiger partial charge in [-0.05, 0) is 71.8 Å². The summed E-state index contributed by atoms with van der Waals surface area (Å²) in [4.78, 5) is 45.9. The summed E-state index contributed by atoms with van der Waals surface area (Å²) < 4.78 is 10.7. The summed E-state index contributed by atoms with van der Waals surface area (Å²) in [5, 5.41) is 3.06. The van der Waals surface area contributed by atoms with Crippen molar-refractivity contribution in [1.82, 2.24) is 0 Å². The number of rotatable bonds is 6. The van der Waals surface area contributed by atoms with Crippen LogP contribution in [0.3, 0.4) is 0 Å². The van der Waals surface area contributed by atoms with Crippen molar-refractivity contribution in [3.63, 3.8) is 0 Å². The summed E-state index contributed by atoms with van der Waals surface area (Å²) in [6.07, 6.45) is 3.96. The summed E-state index contributed by atoms with van der Waals surface area (Å²) in [6, 6.07) is 27.4. The first-order chi connectivity index (χ1) is 20.5. The molecule has 7 nitrogen and oxygen atoms in total. The Bertz CT molecular complexity index is 1760. The highest BCUT2D eigenvalue weighted by atomic mass is 16.5. The van der Waals surface area contributed by atoms with Crippen LogP contribution in [0.1, 0.15) is 31.8 Å². The fraction of sp³-hybridized carbons (Fsp3) is 0.171. The zero-order valence-electron chi connectivity index (χ0n) is 23.1. The Morgan fingerprint density at radius 3 is 2.02 bits per heavy atom. The molecule has 0 bridgehead atoms. The average Bonchev–Trinajstić information content (AvgIpc) is 3.52. The van der Waals surface area contributed by atoms with Crippen molar-refractivity contribution in [2.75, 3.05) is 24.4 Å². The lowest BCUT2D eigenvalue weighted by Crippen LogP contribution is -2.51. The molecule has 0 saturated carbocycles. The molecular weight excluding hydrogens is 528 g/mol. The monoisotopic (exact) mass is 556 g/mol. The van der Waals surface area contributed by atoms with Crippen molar-refractivity contribution in [2.24, 2.45) is 5.92 Å². The molecule has 0 aliphatic carbocycles. The first kappa shape index (κ1) is 25.8. The van der Waals surface area contributed by atoms with Crippen LogP contribution >= 0.6 is 0 Å². The van der Waals surface area contributed by atoms with Gasteiger partial charge in [-0.3, -0.25) is 14.4 Å². The van der Waals surface area contributed by atoms with Gasteiger partial charge in [0.2, 0.25) is 5.91 Å². The third kappa shape index (κ3) is 3.56. The van der Waals surface area contributed by atoms with Crippen molar-refractivity contribution >= 4 is 34.9 Å². The maximum atomic E-state index is 14.8. The summed E-state index contributed by atoms with van der Waals surface area (Å²) in [5.41, 5.74) is 2.57. The van der Waals surface area contributed by atoms with Gasteiger partial charge in [-0.25, -0.2) is 0 Å². The topological polar surface area (TPSA) is 84.9 Å². The van der Waals surface area contributed by atoms with Gasteiger partial charge in [0, 0.05) is 22.5 Å². The molecule has 0 unspecified atom stereocenters. The lowest BCUT2D eigenvalue weighted by molar-refractivity contribution is -0.121. The number of ether oxygens (including phenoxy) is 2. The molecule has 1 saturated heterocycles. The van der Waals surface area contributed by atoms with Crippen LogP contribution in [-0.4, -0.2) is 43.8 Å². The van der Waals surface area contributed by atoms with E-state index in [0.29, 0.717) is 33.9 Å². The van der Waals surface area contributed by atoms with E-state index in [9.17, 15) is 14.4 Å². The van der Waals surface area contributed by atoms with E-state index < -0.39 is 23.4 Å². The molecule has 4 aromatic carbocycles. The number of carbonyl (C=O) groups excluding carboxylic acids is 3. The minimum atomic E-state index is -1.36. The molecule has 4 atom stereocenters. The molecule has 3 aliphatic heterocycles. The number of carbonyl (C=O) groups is 3. The van der Waals surface area contributed by atoms with Gasteiger partial charge < -0.3 is 19.7 Å². The average molecular weight is 557 g/mol. The minimum absolute atomic E-state index is 0.242. The second kappa shape index (κ2) is 9.73. The SMILES string of the molecule is COc1ccc(C(=O)[C@@H]2[C@H](C(=O)c3ccc(OC)cc3)[C@]3(C(=O)Nc4ccccc43)[C@H]3C=Cc4ccccc4N23)cc1. The number of anilines is 2. The number of ketones is 2. The number of hydrogen-bond donors (Lipinski definition) is 1. The standard InChI is InChI=1S/C35H28N2O5/c1-41-24-16-11-22(12-17-24)32(38)30-31(33(39)23-13-18-25(42-2)19-14-23)37-28-10-6-3-7-21(28)15-20-29(37)35(30)26-8-4-5-9-27(26)36-34(35)40/h3-20,29-31H,1-2H3,(H,36,40)/t29-,30-,31+,35-/m1/s1. The lowest BCUT2D eigenvalue weighted by atomic mass is 9.64. The smallest absolute Gasteiger partial charge is 0.238 e. The van der Waals surface area contributed by atoms with Gasteiger partial charge >= 0.3 is 0 Å². The molecule has 42 heavy (non-hydrogen) atoms. The Hall–Kier alpha value is -5.17. The Kier molecular flexibility index (Phi) is 5.97. The zero-order chi connectivity index (χ0) is 29.0. The van der Waals surface area contributed by atoms with Crippen molar-refractivity contribution in [1.29, 1.82) is 0 Å². The molecular formula is C35H28N2O5. The van der Waals surface area contributed by atoms with Crippen molar-refractivity contribution in [2.45, 2.75) is 17.5 Å². The van der Waals surface area contributed by atoms with Crippen LogP contribution in [0.5, 0.6) is 11.5 Å². The number of Topliss-reactive ketones (excluding diaryl/α,β-unsaturated/α-hetero) is 2. The fourth-order valence-corrected chi connectivity index (χ4v) is 6.98. The van der Waals surface area contributed by atoms with E-state index in [0.717, 1.165) is 11.3 Å². The van der Waals surface area contributed by atoms with Crippen LogP contribution in [0, 0.1) is 5.92 Å². The maximum Gasteiger partial charge on any atom is 0.238 e. The van der Waals surface area contributed by atoms with Crippen LogP contribution in [0.25, 0.3) is 6.08 Å². The van der Waals surface area contributed by atoms with Crippen LogP contribution in [-0.2, 0) is 10.2 Å². The molecule has 208 valence electrons. The number of fused-ring (bicyclic) bond motifs is 6. The highest BCUT2D eigenvalue weighted by molar-refractivity contribution is 6.18. The molecule has 7 rings (SSSR count). The van der Waals surface area contributed by atoms with E-state index in [2.05, 4.69) is 5.32 Å². The van der Waals surface area contributed by atoms with Crippen LogP contribution in [0.4, 0.5) is 11.4 Å². The van der Waals surface area contributed by atoms with Gasteiger partial charge in [0.1, 0.15) is 23.0 Å². The fourth-order valence-electron chi connectivity index (χ4n) is 6.98. The molecule has 0 radical (unpaired) electrons. The number of para-hydroxylation sites is 2. The summed E-state index contributed by atoms with van der Waals surface area (Å²) in [6.45, 7) is 0. The van der Waals surface area contributed by atoms with E-state index in [1.165, 1.54) is 0 Å². The second-order valence-electron chi connectivity index (χ2n) is 10.7. The lowest BCUT2D eigenvalue weighted by Gasteiger charge is -2.37. The number of nitrogens with zero attached hydrogens (tertiary/aromatic N) is 1. The second-order valence-corrected chi connectivity index (χ2v) is 10.7. The Balaban J connectivity index is 1.50. The van der Waals surface area contributed by atoms with E-state index in [1.807, 2.05) is 65.6 Å². The summed E-state index contributed by atoms with van der Waals surface area (Å²) in [5.74, 6) is -0.625. The molecule has 7 heteroatoms. The van der Waals surface area contributed by atoms with E-state index in [1.54, 1.807) is 62.8 Å². The summed E-state index contributed by atoms with van der Waals surface area (Å²) >= 11 is 0. The highest BCUT2D eigenvalue weighted by Gasteiger charge is 2.70. The highest BCUT2D eigenvalue weighted by Crippen LogP contribution is 2.58. The Morgan fingerprint density at radius 2 is 1.36 bits per heavy atom. The third-order valence-corrected chi connectivity index (χ3v) is 8.84. The van der Waals surface area contributed by atoms with Crippen molar-refractivity contribution < 1.29 is 23.9 Å². The van der Waals surface area contributed by atoms with E-state index >= 15 is 0 Å². The molecule has 4 aromatic rings. The van der Waals surface area contributed by atoms with Crippen molar-refractivity contribution in [3.05, 3.63) is 125 Å². The van der Waals surface area contributed by atoms with Crippen LogP contribution < -0.4 is 19.7 Å².